The van der Waals surface area contributed by atoms with E-state index in [0.717, 1.165) is 20.1 Å². The molecular weight excluding hydrogens is 277 g/mol. The van der Waals surface area contributed by atoms with E-state index in [1.165, 1.54) is 0 Å². The number of piperidine rings is 1. The Balaban J connectivity index is 2.64. The van der Waals surface area contributed by atoms with Gasteiger partial charge in [-0.1, -0.05) is 0 Å². The second-order valence-electron chi connectivity index (χ2n) is 4.74. The molecule has 0 aromatic heterocycles. The van der Waals surface area contributed by atoms with Crippen molar-refractivity contribution in [1.29, 1.82) is 0 Å². The fourth-order valence-electron chi connectivity index (χ4n) is 2.13. The molecule has 1 aliphatic rings. The highest BCUT2D eigenvalue weighted by Crippen LogP contribution is 2.20. The Morgan fingerprint density at radius 3 is 2.60 bits per heavy atom. The molecule has 0 aromatic rings. The molecule has 0 unspecified atom stereocenters. The standard InChI is InChI=1S/C12H19F3N2O3/c1-20-10(18)4-6-17(8-12(13,14)15)11(19)9-3-2-5-16-7-9/h9,16H,2-8H2,1H3/t9-/m1/s1. The SMILES string of the molecule is COC(=O)CCN(CC(F)(F)F)C(=O)[C@@H]1CCCNC1. The number of nitrogens with one attached hydrogen (secondary N) is 1. The summed E-state index contributed by atoms with van der Waals surface area (Å²) in [6, 6.07) is 0. The van der Waals surface area contributed by atoms with Crippen LogP contribution in [0.3, 0.4) is 0 Å². The summed E-state index contributed by atoms with van der Waals surface area (Å²) in [4.78, 5) is 23.8. The number of amides is 1. The lowest BCUT2D eigenvalue weighted by Gasteiger charge is -2.30. The van der Waals surface area contributed by atoms with Gasteiger partial charge < -0.3 is 15.0 Å². The van der Waals surface area contributed by atoms with E-state index in [1.54, 1.807) is 0 Å². The lowest BCUT2D eigenvalue weighted by molar-refractivity contribution is -0.165. The summed E-state index contributed by atoms with van der Waals surface area (Å²) >= 11 is 0. The quantitative estimate of drug-likeness (QED) is 0.767. The molecule has 116 valence electrons. The first-order valence-electron chi connectivity index (χ1n) is 6.46. The molecule has 0 spiro atoms. The Bertz CT molecular complexity index is 341. The van der Waals surface area contributed by atoms with Crippen LogP contribution in [0.5, 0.6) is 0 Å². The summed E-state index contributed by atoms with van der Waals surface area (Å²) in [5, 5.41) is 2.99. The van der Waals surface area contributed by atoms with Crippen LogP contribution in [-0.2, 0) is 14.3 Å². The molecule has 1 amide bonds. The Morgan fingerprint density at radius 1 is 1.40 bits per heavy atom. The first-order chi connectivity index (χ1) is 9.33. The first-order valence-corrected chi connectivity index (χ1v) is 6.46. The molecule has 0 aliphatic carbocycles. The molecule has 0 bridgehead atoms. The largest absolute Gasteiger partial charge is 0.469 e. The average molecular weight is 296 g/mol. The molecule has 8 heteroatoms. The fourth-order valence-corrected chi connectivity index (χ4v) is 2.13. The first kappa shape index (κ1) is 16.7. The van der Waals surface area contributed by atoms with E-state index in [9.17, 15) is 22.8 Å². The van der Waals surface area contributed by atoms with Gasteiger partial charge in [0.15, 0.2) is 0 Å². The van der Waals surface area contributed by atoms with Crippen molar-refractivity contribution in [2.45, 2.75) is 25.4 Å². The minimum atomic E-state index is -4.48. The third-order valence-electron chi connectivity index (χ3n) is 3.14. The smallest absolute Gasteiger partial charge is 0.406 e. The highest BCUT2D eigenvalue weighted by atomic mass is 19.4. The van der Waals surface area contributed by atoms with Crippen molar-refractivity contribution in [2.24, 2.45) is 5.92 Å². The molecule has 1 fully saturated rings. The predicted molar refractivity (Wildman–Crippen MR) is 64.9 cm³/mol. The lowest BCUT2D eigenvalue weighted by atomic mass is 9.98. The van der Waals surface area contributed by atoms with E-state index in [-0.39, 0.29) is 13.0 Å². The number of halogens is 3. The third kappa shape index (κ3) is 5.77. The van der Waals surface area contributed by atoms with Crippen LogP contribution in [0.4, 0.5) is 13.2 Å². The van der Waals surface area contributed by atoms with Crippen molar-refractivity contribution in [3.63, 3.8) is 0 Å². The van der Waals surface area contributed by atoms with Crippen LogP contribution in [0, 0.1) is 5.92 Å². The Labute approximate surface area is 115 Å². The van der Waals surface area contributed by atoms with Crippen molar-refractivity contribution in [1.82, 2.24) is 10.2 Å². The molecule has 1 saturated heterocycles. The minimum absolute atomic E-state index is 0.238. The summed E-state index contributed by atoms with van der Waals surface area (Å²) in [7, 11) is 1.16. The summed E-state index contributed by atoms with van der Waals surface area (Å²) in [5.41, 5.74) is 0. The van der Waals surface area contributed by atoms with Crippen LogP contribution in [0.2, 0.25) is 0 Å². The van der Waals surface area contributed by atoms with Crippen LogP contribution < -0.4 is 5.32 Å². The normalized spacial score (nSPS) is 19.5. The van der Waals surface area contributed by atoms with Gasteiger partial charge >= 0.3 is 12.1 Å². The molecule has 0 saturated carbocycles. The van der Waals surface area contributed by atoms with Gasteiger partial charge in [0.1, 0.15) is 6.54 Å². The number of esters is 1. The molecule has 0 aromatic carbocycles. The van der Waals surface area contributed by atoms with Crippen molar-refractivity contribution < 1.29 is 27.5 Å². The lowest BCUT2D eigenvalue weighted by Crippen LogP contribution is -2.47. The number of nitrogens with zero attached hydrogens (tertiary/aromatic N) is 1. The van der Waals surface area contributed by atoms with E-state index in [2.05, 4.69) is 10.1 Å². The maximum atomic E-state index is 12.5. The molecule has 1 N–H and O–H groups in total. The zero-order valence-corrected chi connectivity index (χ0v) is 11.3. The van der Waals surface area contributed by atoms with Crippen LogP contribution in [0.1, 0.15) is 19.3 Å². The summed E-state index contributed by atoms with van der Waals surface area (Å²) in [5.74, 6) is -1.64. The van der Waals surface area contributed by atoms with Gasteiger partial charge in [0.2, 0.25) is 5.91 Å². The fraction of sp³-hybridized carbons (Fsp3) is 0.833. The van der Waals surface area contributed by atoms with Gasteiger partial charge in [-0.25, -0.2) is 0 Å². The molecule has 5 nitrogen and oxygen atoms in total. The second-order valence-corrected chi connectivity index (χ2v) is 4.74. The van der Waals surface area contributed by atoms with Crippen molar-refractivity contribution in [3.05, 3.63) is 0 Å². The van der Waals surface area contributed by atoms with Gasteiger partial charge in [0, 0.05) is 13.1 Å². The number of carbonyl (C=O) groups is 2. The van der Waals surface area contributed by atoms with Gasteiger partial charge in [-0.3, -0.25) is 9.59 Å². The number of hydrogen-bond acceptors (Lipinski definition) is 4. The maximum Gasteiger partial charge on any atom is 0.406 e. The molecule has 1 rings (SSSR count). The Kier molecular flexibility index (Phi) is 6.25. The summed E-state index contributed by atoms with van der Waals surface area (Å²) in [6.07, 6.45) is -3.39. The topological polar surface area (TPSA) is 58.6 Å². The van der Waals surface area contributed by atoms with Crippen LogP contribution >= 0.6 is 0 Å². The number of hydrogen-bond donors (Lipinski definition) is 1. The van der Waals surface area contributed by atoms with E-state index >= 15 is 0 Å². The van der Waals surface area contributed by atoms with Crippen molar-refractivity contribution in [3.8, 4) is 0 Å². The van der Waals surface area contributed by atoms with Gasteiger partial charge in [0.25, 0.3) is 0 Å². The Hall–Kier alpha value is -1.31. The number of ether oxygens (including phenoxy) is 1. The van der Waals surface area contributed by atoms with E-state index in [1.807, 2.05) is 0 Å². The van der Waals surface area contributed by atoms with E-state index in [0.29, 0.717) is 17.9 Å². The molecular formula is C12H19F3N2O3. The van der Waals surface area contributed by atoms with E-state index in [4.69, 9.17) is 0 Å². The Morgan fingerprint density at radius 2 is 2.10 bits per heavy atom. The van der Waals surface area contributed by atoms with Crippen LogP contribution in [-0.4, -0.2) is 56.2 Å². The average Bonchev–Trinajstić information content (AvgIpc) is 2.42. The summed E-state index contributed by atoms with van der Waals surface area (Å²) < 4.78 is 41.9. The molecule has 1 aliphatic heterocycles. The predicted octanol–water partition coefficient (Wildman–Crippen LogP) is 0.940. The van der Waals surface area contributed by atoms with Crippen LogP contribution in [0.15, 0.2) is 0 Å². The number of alkyl halides is 3. The molecule has 0 radical (unpaired) electrons. The second kappa shape index (κ2) is 7.47. The molecule has 20 heavy (non-hydrogen) atoms. The van der Waals surface area contributed by atoms with Gasteiger partial charge in [-0.05, 0) is 19.4 Å². The summed E-state index contributed by atoms with van der Waals surface area (Å²) in [6.45, 7) is -0.461. The number of carbonyl (C=O) groups excluding carboxylic acids is 2. The highest BCUT2D eigenvalue weighted by Gasteiger charge is 2.35. The monoisotopic (exact) mass is 296 g/mol. The van der Waals surface area contributed by atoms with Crippen molar-refractivity contribution >= 4 is 11.9 Å². The molecule has 1 atom stereocenters. The maximum absolute atomic E-state index is 12.5. The van der Waals surface area contributed by atoms with Crippen molar-refractivity contribution in [2.75, 3.05) is 33.3 Å². The highest BCUT2D eigenvalue weighted by molar-refractivity contribution is 5.80. The third-order valence-corrected chi connectivity index (χ3v) is 3.14. The zero-order valence-electron chi connectivity index (χ0n) is 11.3. The van der Waals surface area contributed by atoms with Gasteiger partial charge in [-0.2, -0.15) is 13.2 Å². The minimum Gasteiger partial charge on any atom is -0.469 e. The van der Waals surface area contributed by atoms with Gasteiger partial charge in [-0.15, -0.1) is 0 Å². The molecule has 1 heterocycles. The number of methoxy groups -OCH3 is 1. The van der Waals surface area contributed by atoms with E-state index < -0.39 is 30.5 Å². The number of rotatable bonds is 5. The van der Waals surface area contributed by atoms with Gasteiger partial charge in [0.05, 0.1) is 19.4 Å². The van der Waals surface area contributed by atoms with Crippen LogP contribution in [0.25, 0.3) is 0 Å². The zero-order chi connectivity index (χ0) is 15.2.